The minimum Gasteiger partial charge on any atom is -0.365 e. The Kier molecular flexibility index (Phi) is 3.48. The molecule has 3 rings (SSSR count). The Labute approximate surface area is 123 Å². The molecule has 2 aromatic heterocycles. The molecule has 102 valence electrons. The number of hydrogen-bond donors (Lipinski definition) is 1. The van der Waals surface area contributed by atoms with E-state index < -0.39 is 0 Å². The van der Waals surface area contributed by atoms with Crippen molar-refractivity contribution in [2.45, 2.75) is 13.5 Å². The largest absolute Gasteiger partial charge is 0.365 e. The minimum atomic E-state index is 0.550. The fourth-order valence-electron chi connectivity index (χ4n) is 2.27. The molecule has 3 aromatic rings. The second-order valence-corrected chi connectivity index (χ2v) is 4.81. The number of pyridine rings is 2. The molecule has 0 bridgehead atoms. The lowest BCUT2D eigenvalue weighted by molar-refractivity contribution is 1.09. The zero-order valence-corrected chi connectivity index (χ0v) is 11.7. The third-order valence-corrected chi connectivity index (χ3v) is 3.32. The Morgan fingerprint density at radius 3 is 2.86 bits per heavy atom. The number of aromatic nitrogens is 2. The van der Waals surface area contributed by atoms with Gasteiger partial charge < -0.3 is 5.32 Å². The SMILES string of the molecule is Cc1ccc(C#N)c(NCc2cccc3cccnc23)n1. The van der Waals surface area contributed by atoms with Gasteiger partial charge in [0, 0.05) is 23.8 Å². The molecule has 1 aromatic carbocycles. The second-order valence-electron chi connectivity index (χ2n) is 4.81. The number of para-hydroxylation sites is 1. The van der Waals surface area contributed by atoms with E-state index in [1.807, 2.05) is 43.3 Å². The number of fused-ring (bicyclic) bond motifs is 1. The molecule has 0 fully saturated rings. The maximum atomic E-state index is 9.14. The van der Waals surface area contributed by atoms with Gasteiger partial charge in [-0.05, 0) is 30.7 Å². The highest BCUT2D eigenvalue weighted by atomic mass is 15.0. The Balaban J connectivity index is 1.91. The van der Waals surface area contributed by atoms with Crippen LogP contribution in [0.1, 0.15) is 16.8 Å². The monoisotopic (exact) mass is 274 g/mol. The molecule has 0 spiro atoms. The number of benzene rings is 1. The lowest BCUT2D eigenvalue weighted by Crippen LogP contribution is -2.05. The van der Waals surface area contributed by atoms with Gasteiger partial charge in [0.25, 0.3) is 0 Å². The minimum absolute atomic E-state index is 0.550. The lowest BCUT2D eigenvalue weighted by atomic mass is 10.1. The van der Waals surface area contributed by atoms with Gasteiger partial charge in [-0.1, -0.05) is 24.3 Å². The van der Waals surface area contributed by atoms with E-state index in [0.29, 0.717) is 17.9 Å². The summed E-state index contributed by atoms with van der Waals surface area (Å²) in [6.07, 6.45) is 1.79. The number of nitriles is 1. The summed E-state index contributed by atoms with van der Waals surface area (Å²) in [5, 5.41) is 13.5. The molecule has 0 radical (unpaired) electrons. The fourth-order valence-corrected chi connectivity index (χ4v) is 2.27. The highest BCUT2D eigenvalue weighted by Crippen LogP contribution is 2.18. The predicted molar refractivity (Wildman–Crippen MR) is 82.8 cm³/mol. The molecule has 1 N–H and O–H groups in total. The molecule has 0 atom stereocenters. The normalized spacial score (nSPS) is 10.3. The first-order chi connectivity index (χ1) is 10.3. The van der Waals surface area contributed by atoms with Crippen molar-refractivity contribution in [3.05, 3.63) is 65.5 Å². The van der Waals surface area contributed by atoms with Crippen molar-refractivity contribution in [3.63, 3.8) is 0 Å². The first kappa shape index (κ1) is 13.1. The van der Waals surface area contributed by atoms with Gasteiger partial charge in [0.1, 0.15) is 11.9 Å². The summed E-state index contributed by atoms with van der Waals surface area (Å²) in [6.45, 7) is 2.49. The molecular formula is C17H14N4. The molecule has 0 aliphatic rings. The highest BCUT2D eigenvalue weighted by Gasteiger charge is 2.06. The Morgan fingerprint density at radius 1 is 1.14 bits per heavy atom. The number of anilines is 1. The van der Waals surface area contributed by atoms with Gasteiger partial charge in [0.2, 0.25) is 0 Å². The molecule has 0 saturated heterocycles. The third kappa shape index (κ3) is 2.67. The van der Waals surface area contributed by atoms with E-state index in [1.165, 1.54) is 0 Å². The van der Waals surface area contributed by atoms with Crippen LogP contribution < -0.4 is 5.32 Å². The summed E-state index contributed by atoms with van der Waals surface area (Å²) in [5.74, 6) is 0.616. The predicted octanol–water partition coefficient (Wildman–Crippen LogP) is 3.42. The molecule has 21 heavy (non-hydrogen) atoms. The van der Waals surface area contributed by atoms with E-state index in [0.717, 1.165) is 22.2 Å². The van der Waals surface area contributed by atoms with Crippen molar-refractivity contribution >= 4 is 16.7 Å². The number of aryl methyl sites for hydroxylation is 1. The second kappa shape index (κ2) is 5.59. The van der Waals surface area contributed by atoms with Crippen LogP contribution in [0.3, 0.4) is 0 Å². The molecule has 0 aliphatic heterocycles. The highest BCUT2D eigenvalue weighted by molar-refractivity contribution is 5.81. The summed E-state index contributed by atoms with van der Waals surface area (Å²) < 4.78 is 0. The quantitative estimate of drug-likeness (QED) is 0.795. The molecule has 0 saturated carbocycles. The van der Waals surface area contributed by atoms with Gasteiger partial charge in [-0.3, -0.25) is 4.98 Å². The zero-order chi connectivity index (χ0) is 14.7. The lowest BCUT2D eigenvalue weighted by Gasteiger charge is -2.09. The first-order valence-corrected chi connectivity index (χ1v) is 6.72. The summed E-state index contributed by atoms with van der Waals surface area (Å²) in [5.41, 5.74) is 3.49. The summed E-state index contributed by atoms with van der Waals surface area (Å²) in [4.78, 5) is 8.81. The van der Waals surface area contributed by atoms with Gasteiger partial charge in [0.15, 0.2) is 0 Å². The molecule has 4 heteroatoms. The summed E-state index contributed by atoms with van der Waals surface area (Å²) >= 11 is 0. The van der Waals surface area contributed by atoms with Crippen LogP contribution in [0.4, 0.5) is 5.82 Å². The van der Waals surface area contributed by atoms with E-state index in [9.17, 15) is 0 Å². The van der Waals surface area contributed by atoms with Gasteiger partial charge >= 0.3 is 0 Å². The van der Waals surface area contributed by atoms with Crippen LogP contribution in [-0.4, -0.2) is 9.97 Å². The Bertz CT molecular complexity index is 828. The van der Waals surface area contributed by atoms with Crippen LogP contribution in [0.15, 0.2) is 48.7 Å². The zero-order valence-electron chi connectivity index (χ0n) is 11.7. The van der Waals surface area contributed by atoms with E-state index >= 15 is 0 Å². The van der Waals surface area contributed by atoms with Crippen molar-refractivity contribution in [3.8, 4) is 6.07 Å². The van der Waals surface area contributed by atoms with Crippen molar-refractivity contribution in [2.24, 2.45) is 0 Å². The fraction of sp³-hybridized carbons (Fsp3) is 0.118. The van der Waals surface area contributed by atoms with E-state index in [1.54, 1.807) is 12.3 Å². The van der Waals surface area contributed by atoms with E-state index in [-0.39, 0.29) is 0 Å². The molecule has 4 nitrogen and oxygen atoms in total. The van der Waals surface area contributed by atoms with Gasteiger partial charge in [-0.25, -0.2) is 4.98 Å². The molecule has 0 unspecified atom stereocenters. The van der Waals surface area contributed by atoms with Crippen molar-refractivity contribution in [1.29, 1.82) is 5.26 Å². The van der Waals surface area contributed by atoms with Crippen LogP contribution >= 0.6 is 0 Å². The topological polar surface area (TPSA) is 61.6 Å². The summed E-state index contributed by atoms with van der Waals surface area (Å²) in [6, 6.07) is 15.8. The van der Waals surface area contributed by atoms with Crippen LogP contribution in [0, 0.1) is 18.3 Å². The van der Waals surface area contributed by atoms with Crippen molar-refractivity contribution in [2.75, 3.05) is 5.32 Å². The third-order valence-electron chi connectivity index (χ3n) is 3.32. The Hall–Kier alpha value is -2.93. The average molecular weight is 274 g/mol. The van der Waals surface area contributed by atoms with Gasteiger partial charge in [0.05, 0.1) is 11.1 Å². The average Bonchev–Trinajstić information content (AvgIpc) is 2.53. The van der Waals surface area contributed by atoms with Crippen LogP contribution in [0.2, 0.25) is 0 Å². The van der Waals surface area contributed by atoms with E-state index in [2.05, 4.69) is 21.4 Å². The summed E-state index contributed by atoms with van der Waals surface area (Å²) in [7, 11) is 0. The smallest absolute Gasteiger partial charge is 0.144 e. The molecule has 0 amide bonds. The number of hydrogen-bond acceptors (Lipinski definition) is 4. The molecule has 0 aliphatic carbocycles. The molecule has 2 heterocycles. The van der Waals surface area contributed by atoms with Gasteiger partial charge in [-0.15, -0.1) is 0 Å². The van der Waals surface area contributed by atoms with Crippen molar-refractivity contribution < 1.29 is 0 Å². The maximum absolute atomic E-state index is 9.14. The molecular weight excluding hydrogens is 260 g/mol. The Morgan fingerprint density at radius 2 is 2.00 bits per heavy atom. The van der Waals surface area contributed by atoms with Crippen LogP contribution in [-0.2, 0) is 6.54 Å². The first-order valence-electron chi connectivity index (χ1n) is 6.72. The standard InChI is InChI=1S/C17H14N4/c1-12-7-8-14(10-18)17(21-12)20-11-15-5-2-4-13-6-3-9-19-16(13)15/h2-9H,11H2,1H3,(H,20,21). The maximum Gasteiger partial charge on any atom is 0.144 e. The number of rotatable bonds is 3. The van der Waals surface area contributed by atoms with Crippen LogP contribution in [0.25, 0.3) is 10.9 Å². The van der Waals surface area contributed by atoms with Crippen LogP contribution in [0.5, 0.6) is 0 Å². The van der Waals surface area contributed by atoms with Crippen molar-refractivity contribution in [1.82, 2.24) is 9.97 Å². The van der Waals surface area contributed by atoms with Gasteiger partial charge in [-0.2, -0.15) is 5.26 Å². The number of nitrogens with zero attached hydrogens (tertiary/aromatic N) is 3. The van der Waals surface area contributed by atoms with E-state index in [4.69, 9.17) is 5.26 Å². The number of nitrogens with one attached hydrogen (secondary N) is 1.